The molecule has 0 unspecified atom stereocenters. The molecule has 0 aromatic heterocycles. The third kappa shape index (κ3) is 3.27. The summed E-state index contributed by atoms with van der Waals surface area (Å²) in [5.74, 6) is -0.339. The Bertz CT molecular complexity index is 378. The summed E-state index contributed by atoms with van der Waals surface area (Å²) in [6.07, 6.45) is 0. The number of anilines is 1. The fourth-order valence-corrected chi connectivity index (χ4v) is 1.10. The van der Waals surface area contributed by atoms with Crippen LogP contribution < -0.4 is 5.73 Å². The van der Waals surface area contributed by atoms with Gasteiger partial charge in [-0.15, -0.1) is 0 Å². The van der Waals surface area contributed by atoms with Crippen LogP contribution in [-0.2, 0) is 4.74 Å². The quantitative estimate of drug-likeness (QED) is 0.568. The zero-order valence-electron chi connectivity index (χ0n) is 9.63. The first-order chi connectivity index (χ1) is 6.79. The highest BCUT2D eigenvalue weighted by Gasteiger charge is 2.17. The molecule has 0 bridgehead atoms. The number of aryl methyl sites for hydroxylation is 1. The lowest BCUT2D eigenvalue weighted by Crippen LogP contribution is -2.23. The number of rotatable bonds is 1. The molecule has 0 aliphatic carbocycles. The van der Waals surface area contributed by atoms with Gasteiger partial charge in [0, 0.05) is 5.69 Å². The van der Waals surface area contributed by atoms with Crippen molar-refractivity contribution in [2.45, 2.75) is 33.3 Å². The first-order valence-electron chi connectivity index (χ1n) is 4.89. The van der Waals surface area contributed by atoms with Gasteiger partial charge in [0.2, 0.25) is 0 Å². The SMILES string of the molecule is Cc1ccc(C(=O)OC(C)(C)C)cc1N. The normalized spacial score (nSPS) is 11.2. The summed E-state index contributed by atoms with van der Waals surface area (Å²) in [4.78, 5) is 11.6. The molecular formula is C12H17NO2. The monoisotopic (exact) mass is 207 g/mol. The zero-order chi connectivity index (χ0) is 11.6. The molecule has 3 nitrogen and oxygen atoms in total. The Kier molecular flexibility index (Phi) is 3.03. The van der Waals surface area contributed by atoms with Crippen molar-refractivity contribution >= 4 is 11.7 Å². The Labute approximate surface area is 90.2 Å². The van der Waals surface area contributed by atoms with Gasteiger partial charge in [-0.25, -0.2) is 4.79 Å². The average molecular weight is 207 g/mol. The summed E-state index contributed by atoms with van der Waals surface area (Å²) < 4.78 is 5.22. The number of carbonyl (C=O) groups excluding carboxylic acids is 1. The Balaban J connectivity index is 2.88. The summed E-state index contributed by atoms with van der Waals surface area (Å²) in [6.45, 7) is 7.40. The summed E-state index contributed by atoms with van der Waals surface area (Å²) in [5, 5.41) is 0. The molecule has 0 saturated heterocycles. The van der Waals surface area contributed by atoms with E-state index in [9.17, 15) is 4.79 Å². The van der Waals surface area contributed by atoms with Gasteiger partial charge in [-0.1, -0.05) is 6.07 Å². The molecule has 1 aromatic rings. The van der Waals surface area contributed by atoms with Gasteiger partial charge in [0.1, 0.15) is 5.60 Å². The first-order valence-corrected chi connectivity index (χ1v) is 4.89. The number of benzene rings is 1. The second kappa shape index (κ2) is 3.93. The molecule has 0 heterocycles. The predicted octanol–water partition coefficient (Wildman–Crippen LogP) is 2.53. The van der Waals surface area contributed by atoms with Crippen LogP contribution in [0.15, 0.2) is 18.2 Å². The maximum absolute atomic E-state index is 11.6. The van der Waals surface area contributed by atoms with Gasteiger partial charge in [-0.3, -0.25) is 0 Å². The van der Waals surface area contributed by atoms with Crippen molar-refractivity contribution in [3.63, 3.8) is 0 Å². The molecule has 1 aromatic carbocycles. The molecule has 15 heavy (non-hydrogen) atoms. The van der Waals surface area contributed by atoms with Gasteiger partial charge in [-0.05, 0) is 45.4 Å². The molecule has 1 rings (SSSR count). The molecule has 0 aliphatic heterocycles. The van der Waals surface area contributed by atoms with Crippen molar-refractivity contribution in [1.82, 2.24) is 0 Å². The lowest BCUT2D eigenvalue weighted by atomic mass is 10.1. The minimum absolute atomic E-state index is 0.339. The average Bonchev–Trinajstić information content (AvgIpc) is 2.06. The number of nitrogens with two attached hydrogens (primary N) is 1. The second-order valence-corrected chi connectivity index (χ2v) is 4.57. The predicted molar refractivity (Wildman–Crippen MR) is 60.8 cm³/mol. The number of hydrogen-bond donors (Lipinski definition) is 1. The van der Waals surface area contributed by atoms with Gasteiger partial charge in [0.05, 0.1) is 5.56 Å². The van der Waals surface area contributed by atoms with Gasteiger partial charge in [-0.2, -0.15) is 0 Å². The van der Waals surface area contributed by atoms with E-state index in [1.807, 2.05) is 33.8 Å². The van der Waals surface area contributed by atoms with E-state index in [2.05, 4.69) is 0 Å². The summed E-state index contributed by atoms with van der Waals surface area (Å²) in [5.41, 5.74) is 7.30. The van der Waals surface area contributed by atoms with Crippen LogP contribution in [0.1, 0.15) is 36.7 Å². The van der Waals surface area contributed by atoms with Crippen molar-refractivity contribution in [2.75, 3.05) is 5.73 Å². The van der Waals surface area contributed by atoms with Crippen LogP contribution in [0.25, 0.3) is 0 Å². The standard InChI is InChI=1S/C12H17NO2/c1-8-5-6-9(7-10(8)13)11(14)15-12(2,3)4/h5-7H,13H2,1-4H3. The molecule has 0 aliphatic rings. The van der Waals surface area contributed by atoms with E-state index >= 15 is 0 Å². The lowest BCUT2D eigenvalue weighted by Gasteiger charge is -2.19. The van der Waals surface area contributed by atoms with Crippen LogP contribution >= 0.6 is 0 Å². The molecular weight excluding hydrogens is 190 g/mol. The van der Waals surface area contributed by atoms with Crippen LogP contribution in [0.5, 0.6) is 0 Å². The summed E-state index contributed by atoms with van der Waals surface area (Å²) in [7, 11) is 0. The highest BCUT2D eigenvalue weighted by atomic mass is 16.6. The number of nitrogen functional groups attached to an aromatic ring is 1. The van der Waals surface area contributed by atoms with E-state index in [1.165, 1.54) is 0 Å². The zero-order valence-corrected chi connectivity index (χ0v) is 9.63. The molecule has 2 N–H and O–H groups in total. The Morgan fingerprint density at radius 3 is 2.40 bits per heavy atom. The number of ether oxygens (including phenoxy) is 1. The van der Waals surface area contributed by atoms with Crippen molar-refractivity contribution < 1.29 is 9.53 Å². The van der Waals surface area contributed by atoms with E-state index in [1.54, 1.807) is 12.1 Å². The van der Waals surface area contributed by atoms with Crippen LogP contribution in [0.2, 0.25) is 0 Å². The van der Waals surface area contributed by atoms with Crippen molar-refractivity contribution in [2.24, 2.45) is 0 Å². The maximum atomic E-state index is 11.6. The van der Waals surface area contributed by atoms with Gasteiger partial charge >= 0.3 is 5.97 Å². The van der Waals surface area contributed by atoms with Crippen LogP contribution in [0.4, 0.5) is 5.69 Å². The minimum Gasteiger partial charge on any atom is -0.456 e. The topological polar surface area (TPSA) is 52.3 Å². The van der Waals surface area contributed by atoms with Gasteiger partial charge in [0.25, 0.3) is 0 Å². The van der Waals surface area contributed by atoms with E-state index in [4.69, 9.17) is 10.5 Å². The lowest BCUT2D eigenvalue weighted by molar-refractivity contribution is 0.00696. The summed E-state index contributed by atoms with van der Waals surface area (Å²) >= 11 is 0. The molecule has 3 heteroatoms. The highest BCUT2D eigenvalue weighted by molar-refractivity contribution is 5.90. The van der Waals surface area contributed by atoms with Crippen LogP contribution in [-0.4, -0.2) is 11.6 Å². The highest BCUT2D eigenvalue weighted by Crippen LogP contribution is 2.16. The third-order valence-electron chi connectivity index (χ3n) is 1.91. The van der Waals surface area contributed by atoms with E-state index in [-0.39, 0.29) is 5.97 Å². The van der Waals surface area contributed by atoms with E-state index in [0.29, 0.717) is 11.3 Å². The first kappa shape index (κ1) is 11.6. The molecule has 0 fully saturated rings. The smallest absolute Gasteiger partial charge is 0.338 e. The number of carbonyl (C=O) groups is 1. The second-order valence-electron chi connectivity index (χ2n) is 4.57. The molecule has 0 saturated carbocycles. The fourth-order valence-electron chi connectivity index (χ4n) is 1.10. The van der Waals surface area contributed by atoms with Crippen LogP contribution in [0, 0.1) is 6.92 Å². The summed E-state index contributed by atoms with van der Waals surface area (Å²) in [6, 6.07) is 5.18. The Morgan fingerprint density at radius 2 is 1.93 bits per heavy atom. The van der Waals surface area contributed by atoms with Gasteiger partial charge in [0.15, 0.2) is 0 Å². The number of esters is 1. The largest absolute Gasteiger partial charge is 0.456 e. The third-order valence-corrected chi connectivity index (χ3v) is 1.91. The maximum Gasteiger partial charge on any atom is 0.338 e. The van der Waals surface area contributed by atoms with Crippen molar-refractivity contribution in [3.8, 4) is 0 Å². The van der Waals surface area contributed by atoms with E-state index < -0.39 is 5.60 Å². The number of hydrogen-bond acceptors (Lipinski definition) is 3. The van der Waals surface area contributed by atoms with E-state index in [0.717, 1.165) is 5.56 Å². The minimum atomic E-state index is -0.475. The molecule has 82 valence electrons. The Hall–Kier alpha value is -1.51. The molecule has 0 radical (unpaired) electrons. The van der Waals surface area contributed by atoms with Crippen molar-refractivity contribution in [1.29, 1.82) is 0 Å². The molecule has 0 spiro atoms. The van der Waals surface area contributed by atoms with Crippen molar-refractivity contribution in [3.05, 3.63) is 29.3 Å². The van der Waals surface area contributed by atoms with Crippen LogP contribution in [0.3, 0.4) is 0 Å². The molecule has 0 atom stereocenters. The molecule has 0 amide bonds. The fraction of sp³-hybridized carbons (Fsp3) is 0.417. The van der Waals surface area contributed by atoms with Gasteiger partial charge < -0.3 is 10.5 Å². The Morgan fingerprint density at radius 1 is 1.33 bits per heavy atom.